The lowest BCUT2D eigenvalue weighted by molar-refractivity contribution is -0.285. The summed E-state index contributed by atoms with van der Waals surface area (Å²) in [5.41, 5.74) is 0.0123. The van der Waals surface area contributed by atoms with Crippen molar-refractivity contribution in [3.63, 3.8) is 0 Å². The lowest BCUT2D eigenvalue weighted by atomic mass is 9.99. The molecule has 4 N–H and O–H groups in total. The molecule has 0 radical (unpaired) electrons. The van der Waals surface area contributed by atoms with Crippen LogP contribution in [0.2, 0.25) is 0 Å². The van der Waals surface area contributed by atoms with Crippen molar-refractivity contribution in [3.8, 4) is 0 Å². The molecule has 1 aliphatic rings. The van der Waals surface area contributed by atoms with Gasteiger partial charge in [-0.2, -0.15) is 0 Å². The first-order valence-corrected chi connectivity index (χ1v) is 5.04. The molecule has 8 heteroatoms. The Labute approximate surface area is 102 Å². The van der Waals surface area contributed by atoms with Gasteiger partial charge in [0.2, 0.25) is 6.29 Å². The van der Waals surface area contributed by atoms with Crippen molar-refractivity contribution in [3.05, 3.63) is 12.2 Å². The first-order chi connectivity index (χ1) is 8.25. The van der Waals surface area contributed by atoms with Gasteiger partial charge in [0.25, 0.3) is 0 Å². The van der Waals surface area contributed by atoms with Crippen LogP contribution in [0.25, 0.3) is 0 Å². The third-order valence-corrected chi connectivity index (χ3v) is 2.38. The highest BCUT2D eigenvalue weighted by molar-refractivity contribution is 5.87. The third kappa shape index (κ3) is 2.85. The van der Waals surface area contributed by atoms with E-state index in [9.17, 15) is 24.9 Å². The highest BCUT2D eigenvalue weighted by Gasteiger charge is 2.48. The Kier molecular flexibility index (Phi) is 4.41. The number of aliphatic hydroxyl groups is 3. The van der Waals surface area contributed by atoms with Gasteiger partial charge in [0.1, 0.15) is 18.3 Å². The fraction of sp³-hybridized carbons (Fsp3) is 0.600. The van der Waals surface area contributed by atoms with E-state index in [0.29, 0.717) is 0 Å². The summed E-state index contributed by atoms with van der Waals surface area (Å²) < 4.78 is 9.34. The molecule has 2 unspecified atom stereocenters. The molecule has 0 aromatic rings. The number of rotatable bonds is 3. The van der Waals surface area contributed by atoms with Crippen LogP contribution in [0.15, 0.2) is 12.2 Å². The van der Waals surface area contributed by atoms with Crippen molar-refractivity contribution in [1.29, 1.82) is 0 Å². The van der Waals surface area contributed by atoms with Crippen molar-refractivity contribution in [2.24, 2.45) is 0 Å². The molecule has 18 heavy (non-hydrogen) atoms. The van der Waals surface area contributed by atoms with Crippen molar-refractivity contribution < 1.29 is 39.5 Å². The van der Waals surface area contributed by atoms with Gasteiger partial charge in [-0.15, -0.1) is 0 Å². The fourth-order valence-electron chi connectivity index (χ4n) is 1.36. The molecular formula is C10H14O8. The molecule has 8 nitrogen and oxygen atoms in total. The zero-order chi connectivity index (χ0) is 14.0. The molecule has 0 aromatic heterocycles. The molecule has 0 aromatic carbocycles. The topological polar surface area (TPSA) is 134 Å². The molecule has 0 spiro atoms. The van der Waals surface area contributed by atoms with Gasteiger partial charge in [-0.3, -0.25) is 0 Å². The molecule has 1 heterocycles. The first kappa shape index (κ1) is 14.6. The van der Waals surface area contributed by atoms with Crippen LogP contribution >= 0.6 is 0 Å². The van der Waals surface area contributed by atoms with Crippen LogP contribution in [0.5, 0.6) is 0 Å². The SMILES string of the molecule is C=C(C)C(=O)OC1OC(C(=O)O)[C@@H](O)[C@H](O)[C@H]1O. The van der Waals surface area contributed by atoms with E-state index in [1.165, 1.54) is 6.92 Å². The van der Waals surface area contributed by atoms with Gasteiger partial charge < -0.3 is 29.9 Å². The number of aliphatic carboxylic acids is 1. The average molecular weight is 262 g/mol. The molecule has 0 bridgehead atoms. The number of carboxylic acid groups (broad SMARTS) is 1. The smallest absolute Gasteiger partial charge is 0.335 e. The van der Waals surface area contributed by atoms with Crippen LogP contribution in [0.1, 0.15) is 6.92 Å². The zero-order valence-corrected chi connectivity index (χ0v) is 9.52. The summed E-state index contributed by atoms with van der Waals surface area (Å²) in [5.74, 6) is -2.46. The lowest BCUT2D eigenvalue weighted by Crippen LogP contribution is -2.60. The summed E-state index contributed by atoms with van der Waals surface area (Å²) in [6, 6.07) is 0. The molecule has 0 amide bonds. The molecule has 102 valence electrons. The Morgan fingerprint density at radius 2 is 1.72 bits per heavy atom. The maximum atomic E-state index is 11.2. The van der Waals surface area contributed by atoms with E-state index in [-0.39, 0.29) is 5.57 Å². The van der Waals surface area contributed by atoms with Crippen LogP contribution in [-0.4, -0.2) is 63.1 Å². The van der Waals surface area contributed by atoms with E-state index in [0.717, 1.165) is 0 Å². The van der Waals surface area contributed by atoms with Crippen LogP contribution in [0.3, 0.4) is 0 Å². The van der Waals surface area contributed by atoms with Crippen LogP contribution in [-0.2, 0) is 19.1 Å². The van der Waals surface area contributed by atoms with E-state index >= 15 is 0 Å². The maximum Gasteiger partial charge on any atom is 0.335 e. The number of ether oxygens (including phenoxy) is 2. The fourth-order valence-corrected chi connectivity index (χ4v) is 1.36. The Morgan fingerprint density at radius 3 is 2.17 bits per heavy atom. The Balaban J connectivity index is 2.82. The molecule has 0 saturated carbocycles. The third-order valence-electron chi connectivity index (χ3n) is 2.38. The number of carboxylic acids is 1. The number of aliphatic hydroxyl groups excluding tert-OH is 3. The highest BCUT2D eigenvalue weighted by Crippen LogP contribution is 2.22. The number of carbonyl (C=O) groups is 2. The number of carbonyl (C=O) groups excluding carboxylic acids is 1. The maximum absolute atomic E-state index is 11.2. The van der Waals surface area contributed by atoms with E-state index in [1.807, 2.05) is 0 Å². The van der Waals surface area contributed by atoms with Gasteiger partial charge in [0, 0.05) is 5.57 Å². The molecular weight excluding hydrogens is 248 g/mol. The Hall–Kier alpha value is -1.48. The summed E-state index contributed by atoms with van der Waals surface area (Å²) >= 11 is 0. The Bertz CT molecular complexity index is 365. The predicted molar refractivity (Wildman–Crippen MR) is 55.2 cm³/mol. The number of hydrogen-bond acceptors (Lipinski definition) is 7. The summed E-state index contributed by atoms with van der Waals surface area (Å²) in [6.07, 6.45) is -8.86. The average Bonchev–Trinajstić information content (AvgIpc) is 2.29. The van der Waals surface area contributed by atoms with Gasteiger partial charge in [-0.1, -0.05) is 6.58 Å². The van der Waals surface area contributed by atoms with Crippen molar-refractivity contribution >= 4 is 11.9 Å². The van der Waals surface area contributed by atoms with Crippen molar-refractivity contribution in [1.82, 2.24) is 0 Å². The second-order valence-electron chi connectivity index (χ2n) is 3.92. The molecule has 1 rings (SSSR count). The Morgan fingerprint density at radius 1 is 1.17 bits per heavy atom. The van der Waals surface area contributed by atoms with E-state index < -0.39 is 42.6 Å². The molecule has 5 atom stereocenters. The predicted octanol–water partition coefficient (Wildman–Crippen LogP) is -2.00. The van der Waals surface area contributed by atoms with Gasteiger partial charge in [-0.05, 0) is 6.92 Å². The lowest BCUT2D eigenvalue weighted by Gasteiger charge is -2.37. The normalized spacial score (nSPS) is 35.9. The van der Waals surface area contributed by atoms with E-state index in [1.54, 1.807) is 0 Å². The van der Waals surface area contributed by atoms with Crippen LogP contribution in [0, 0.1) is 0 Å². The monoisotopic (exact) mass is 262 g/mol. The van der Waals surface area contributed by atoms with E-state index in [4.69, 9.17) is 9.84 Å². The van der Waals surface area contributed by atoms with Crippen molar-refractivity contribution in [2.45, 2.75) is 37.6 Å². The largest absolute Gasteiger partial charge is 0.479 e. The second-order valence-corrected chi connectivity index (χ2v) is 3.92. The summed E-state index contributed by atoms with van der Waals surface area (Å²) in [5, 5.41) is 37.0. The van der Waals surface area contributed by atoms with E-state index in [2.05, 4.69) is 11.3 Å². The summed E-state index contributed by atoms with van der Waals surface area (Å²) in [7, 11) is 0. The van der Waals surface area contributed by atoms with Crippen molar-refractivity contribution in [2.75, 3.05) is 0 Å². The van der Waals surface area contributed by atoms with Crippen LogP contribution in [0.4, 0.5) is 0 Å². The second kappa shape index (κ2) is 5.44. The molecule has 1 aliphatic heterocycles. The highest BCUT2D eigenvalue weighted by atomic mass is 16.7. The van der Waals surface area contributed by atoms with Crippen LogP contribution < -0.4 is 0 Å². The zero-order valence-electron chi connectivity index (χ0n) is 9.52. The first-order valence-electron chi connectivity index (χ1n) is 5.04. The number of esters is 1. The summed E-state index contributed by atoms with van der Waals surface area (Å²) in [6.45, 7) is 4.64. The van der Waals surface area contributed by atoms with Gasteiger partial charge in [0.15, 0.2) is 6.10 Å². The minimum Gasteiger partial charge on any atom is -0.479 e. The minimum absolute atomic E-state index is 0.0123. The molecule has 1 fully saturated rings. The minimum atomic E-state index is -1.82. The van der Waals surface area contributed by atoms with Gasteiger partial charge in [0.05, 0.1) is 0 Å². The standard InChI is InChI=1S/C10H14O8/c1-3(2)9(16)18-10-6(13)4(11)5(12)7(17-10)8(14)15/h4-7,10-13H,1H2,2H3,(H,14,15)/t4-,5-,6+,7?,10?/m0/s1. The molecule has 0 aliphatic carbocycles. The quantitative estimate of drug-likeness (QED) is 0.339. The number of hydrogen-bond donors (Lipinski definition) is 4. The molecule has 1 saturated heterocycles. The van der Waals surface area contributed by atoms with Gasteiger partial charge in [-0.25, -0.2) is 9.59 Å². The summed E-state index contributed by atoms with van der Waals surface area (Å²) in [4.78, 5) is 22.0. The van der Waals surface area contributed by atoms with Gasteiger partial charge >= 0.3 is 11.9 Å².